The van der Waals surface area contributed by atoms with E-state index in [9.17, 15) is 14.7 Å². The Balaban J connectivity index is 1.67. The van der Waals surface area contributed by atoms with Crippen LogP contribution in [0.15, 0.2) is 36.0 Å². The van der Waals surface area contributed by atoms with E-state index >= 15 is 0 Å². The Hall–Kier alpha value is -2.14. The molecular formula is C26H38N2O3. The highest BCUT2D eigenvalue weighted by molar-refractivity contribution is 6.35. The Morgan fingerprint density at radius 2 is 1.61 bits per heavy atom. The smallest absolute Gasteiger partial charge is 0.277 e. The van der Waals surface area contributed by atoms with Gasteiger partial charge in [0.1, 0.15) is 5.70 Å². The summed E-state index contributed by atoms with van der Waals surface area (Å²) < 4.78 is 0. The first kappa shape index (κ1) is 23.5. The zero-order valence-electron chi connectivity index (χ0n) is 19.0. The van der Waals surface area contributed by atoms with Gasteiger partial charge in [0, 0.05) is 26.2 Å². The number of hydrogen-bond donors (Lipinski definition) is 1. The largest absolute Gasteiger partial charge is 0.396 e. The maximum absolute atomic E-state index is 13.4. The highest BCUT2D eigenvalue weighted by Crippen LogP contribution is 2.34. The van der Waals surface area contributed by atoms with Crippen molar-refractivity contribution in [3.05, 3.63) is 41.6 Å². The molecule has 1 N–H and O–H groups in total. The number of rotatable bonds is 12. The fourth-order valence-corrected chi connectivity index (χ4v) is 4.75. The Morgan fingerprint density at radius 3 is 2.29 bits per heavy atom. The van der Waals surface area contributed by atoms with Crippen LogP contribution < -0.4 is 0 Å². The third-order valence-corrected chi connectivity index (χ3v) is 6.53. The Morgan fingerprint density at radius 1 is 0.935 bits per heavy atom. The lowest BCUT2D eigenvalue weighted by Crippen LogP contribution is -2.40. The van der Waals surface area contributed by atoms with E-state index in [4.69, 9.17) is 0 Å². The number of aliphatic hydroxyl groups excluding tert-OH is 1. The molecule has 2 amide bonds. The average Bonchev–Trinajstić information content (AvgIpc) is 3.06. The van der Waals surface area contributed by atoms with Crippen molar-refractivity contribution in [2.75, 3.05) is 26.2 Å². The second kappa shape index (κ2) is 12.0. The maximum Gasteiger partial charge on any atom is 0.277 e. The van der Waals surface area contributed by atoms with Gasteiger partial charge in [-0.25, -0.2) is 0 Å². The number of unbranched alkanes of at least 4 members (excludes halogenated alkanes) is 7. The minimum absolute atomic E-state index is 0.120. The predicted octanol–water partition coefficient (Wildman–Crippen LogP) is 4.61. The van der Waals surface area contributed by atoms with Crippen molar-refractivity contribution in [1.82, 2.24) is 9.80 Å². The van der Waals surface area contributed by atoms with E-state index in [1.165, 1.54) is 37.0 Å². The molecule has 1 aromatic rings. The number of piperidine rings is 1. The number of carbonyl (C=O) groups excluding carboxylic acids is 2. The number of likely N-dealkylation sites (tertiary alicyclic amines) is 1. The van der Waals surface area contributed by atoms with E-state index in [-0.39, 0.29) is 24.3 Å². The van der Waals surface area contributed by atoms with Crippen molar-refractivity contribution < 1.29 is 14.7 Å². The van der Waals surface area contributed by atoms with Crippen molar-refractivity contribution in [3.63, 3.8) is 0 Å². The van der Waals surface area contributed by atoms with E-state index in [1.807, 2.05) is 35.2 Å². The Labute approximate surface area is 187 Å². The van der Waals surface area contributed by atoms with Gasteiger partial charge in [-0.2, -0.15) is 0 Å². The second-order valence-electron chi connectivity index (χ2n) is 8.96. The second-order valence-corrected chi connectivity index (χ2v) is 8.96. The molecule has 0 saturated carbocycles. The van der Waals surface area contributed by atoms with Crippen LogP contribution in [0.25, 0.3) is 5.57 Å². The Bertz CT molecular complexity index is 759. The molecule has 3 rings (SSSR count). The van der Waals surface area contributed by atoms with Crippen molar-refractivity contribution in [2.45, 2.75) is 71.1 Å². The summed E-state index contributed by atoms with van der Waals surface area (Å²) in [5.41, 5.74) is 1.87. The first-order valence-electron chi connectivity index (χ1n) is 12.2. The molecule has 0 aliphatic carbocycles. The van der Waals surface area contributed by atoms with E-state index in [0.717, 1.165) is 44.2 Å². The van der Waals surface area contributed by atoms with Crippen molar-refractivity contribution in [3.8, 4) is 0 Å². The Kier molecular flexibility index (Phi) is 9.13. The molecular weight excluding hydrogens is 388 g/mol. The van der Waals surface area contributed by atoms with E-state index in [2.05, 4.69) is 6.92 Å². The summed E-state index contributed by atoms with van der Waals surface area (Å²) in [4.78, 5) is 30.2. The molecule has 5 heteroatoms. The lowest BCUT2D eigenvalue weighted by atomic mass is 9.97. The summed E-state index contributed by atoms with van der Waals surface area (Å²) in [5.74, 6) is -0.173. The van der Waals surface area contributed by atoms with Crippen LogP contribution in [0.2, 0.25) is 0 Å². The molecule has 0 radical (unpaired) electrons. The fraction of sp³-hybridized carbons (Fsp3) is 0.615. The van der Waals surface area contributed by atoms with Gasteiger partial charge in [-0.05, 0) is 30.7 Å². The quantitative estimate of drug-likeness (QED) is 0.392. The molecule has 170 valence electrons. The summed E-state index contributed by atoms with van der Waals surface area (Å²) in [6.07, 6.45) is 11.3. The van der Waals surface area contributed by atoms with Crippen LogP contribution >= 0.6 is 0 Å². The van der Waals surface area contributed by atoms with E-state index < -0.39 is 0 Å². The van der Waals surface area contributed by atoms with E-state index in [0.29, 0.717) is 24.4 Å². The normalized spacial score (nSPS) is 19.6. The molecule has 1 saturated heterocycles. The number of benzene rings is 1. The SMILES string of the molecule is CCCCCCCCCCN1C(=O)C(c2ccccc2)=C(N2CCCC(CO)C2)C1=O. The first-order chi connectivity index (χ1) is 15.2. The standard InChI is InChI=1S/C26H38N2O3/c1-2-3-4-5-6-7-8-12-18-28-25(30)23(22-15-10-9-11-16-22)24(26(28)31)27-17-13-14-21(19-27)20-29/h9-11,15-16,21,29H,2-8,12-14,17-20H2,1H3. The summed E-state index contributed by atoms with van der Waals surface area (Å²) in [6, 6.07) is 9.56. The van der Waals surface area contributed by atoms with Gasteiger partial charge in [0.2, 0.25) is 0 Å². The maximum atomic E-state index is 13.4. The monoisotopic (exact) mass is 426 g/mol. The van der Waals surface area contributed by atoms with Gasteiger partial charge in [0.15, 0.2) is 0 Å². The van der Waals surface area contributed by atoms with Gasteiger partial charge in [-0.1, -0.05) is 82.2 Å². The number of nitrogens with zero attached hydrogens (tertiary/aromatic N) is 2. The van der Waals surface area contributed by atoms with Gasteiger partial charge in [-0.15, -0.1) is 0 Å². The highest BCUT2D eigenvalue weighted by atomic mass is 16.3. The topological polar surface area (TPSA) is 60.9 Å². The van der Waals surface area contributed by atoms with Crippen LogP contribution in [-0.4, -0.2) is 53.0 Å². The molecule has 1 atom stereocenters. The van der Waals surface area contributed by atoms with Crippen LogP contribution in [-0.2, 0) is 9.59 Å². The van der Waals surface area contributed by atoms with Crippen molar-refractivity contribution >= 4 is 17.4 Å². The summed E-state index contributed by atoms with van der Waals surface area (Å²) in [5, 5.41) is 9.63. The molecule has 31 heavy (non-hydrogen) atoms. The van der Waals surface area contributed by atoms with Gasteiger partial charge >= 0.3 is 0 Å². The van der Waals surface area contributed by atoms with Crippen LogP contribution in [0.4, 0.5) is 0 Å². The van der Waals surface area contributed by atoms with Crippen LogP contribution in [0.5, 0.6) is 0 Å². The van der Waals surface area contributed by atoms with Gasteiger partial charge in [0.05, 0.1) is 5.57 Å². The molecule has 0 spiro atoms. The highest BCUT2D eigenvalue weighted by Gasteiger charge is 2.42. The molecule has 1 unspecified atom stereocenters. The summed E-state index contributed by atoms with van der Waals surface area (Å²) in [6.45, 7) is 4.22. The van der Waals surface area contributed by atoms with Crippen LogP contribution in [0.1, 0.15) is 76.7 Å². The average molecular weight is 427 g/mol. The molecule has 2 heterocycles. The molecule has 1 aromatic carbocycles. The minimum Gasteiger partial charge on any atom is -0.396 e. The molecule has 2 aliphatic rings. The first-order valence-corrected chi connectivity index (χ1v) is 12.2. The number of aliphatic hydroxyl groups is 1. The van der Waals surface area contributed by atoms with Gasteiger partial charge in [-0.3, -0.25) is 14.5 Å². The number of amides is 2. The molecule has 5 nitrogen and oxygen atoms in total. The summed E-state index contributed by atoms with van der Waals surface area (Å²) >= 11 is 0. The molecule has 2 aliphatic heterocycles. The molecule has 1 fully saturated rings. The van der Waals surface area contributed by atoms with E-state index in [1.54, 1.807) is 0 Å². The zero-order chi connectivity index (χ0) is 22.1. The third kappa shape index (κ3) is 5.97. The van der Waals surface area contributed by atoms with Crippen molar-refractivity contribution in [1.29, 1.82) is 0 Å². The zero-order valence-corrected chi connectivity index (χ0v) is 19.0. The molecule has 0 aromatic heterocycles. The summed E-state index contributed by atoms with van der Waals surface area (Å²) in [7, 11) is 0. The lowest BCUT2D eigenvalue weighted by molar-refractivity contribution is -0.137. The number of carbonyl (C=O) groups is 2. The van der Waals surface area contributed by atoms with Gasteiger partial charge in [0.25, 0.3) is 11.8 Å². The third-order valence-electron chi connectivity index (χ3n) is 6.53. The fourth-order valence-electron chi connectivity index (χ4n) is 4.75. The van der Waals surface area contributed by atoms with Crippen molar-refractivity contribution in [2.24, 2.45) is 5.92 Å². The molecule has 0 bridgehead atoms. The van der Waals surface area contributed by atoms with Crippen LogP contribution in [0, 0.1) is 5.92 Å². The van der Waals surface area contributed by atoms with Gasteiger partial charge < -0.3 is 10.0 Å². The van der Waals surface area contributed by atoms with Crippen LogP contribution in [0.3, 0.4) is 0 Å². The number of imide groups is 1. The number of hydrogen-bond acceptors (Lipinski definition) is 4. The predicted molar refractivity (Wildman–Crippen MR) is 124 cm³/mol. The lowest BCUT2D eigenvalue weighted by Gasteiger charge is -2.34. The minimum atomic E-state index is -0.166.